The van der Waals surface area contributed by atoms with Crippen molar-refractivity contribution >= 4 is 32.3 Å². The number of ether oxygens (including phenoxy) is 1. The Labute approximate surface area is 172 Å². The third-order valence-electron chi connectivity index (χ3n) is 5.14. The number of benzene rings is 2. The lowest BCUT2D eigenvalue weighted by molar-refractivity contribution is 0.414. The molecule has 2 aromatic carbocycles. The molecule has 0 spiro atoms. The van der Waals surface area contributed by atoms with Crippen molar-refractivity contribution < 1.29 is 4.74 Å². The van der Waals surface area contributed by atoms with Crippen molar-refractivity contribution in [1.29, 1.82) is 0 Å². The average Bonchev–Trinajstić information content (AvgIpc) is 3.42. The molecule has 146 valence electrons. The quantitative estimate of drug-likeness (QED) is 0.426. The predicted molar refractivity (Wildman–Crippen MR) is 117 cm³/mol. The molecule has 5 rings (SSSR count). The molecule has 0 bridgehead atoms. The van der Waals surface area contributed by atoms with Gasteiger partial charge >= 0.3 is 0 Å². The van der Waals surface area contributed by atoms with Gasteiger partial charge in [0.05, 0.1) is 19.0 Å². The fourth-order valence-electron chi connectivity index (χ4n) is 3.70. The average molecular weight is 404 g/mol. The number of aromatic amines is 1. The SMILES string of the molecule is COc1ccc(C(CNc2nn3cc(C)nc3s2)c2c[nH]c3ccccc23)cc1. The highest BCUT2D eigenvalue weighted by atomic mass is 32.1. The van der Waals surface area contributed by atoms with Crippen LogP contribution >= 0.6 is 11.3 Å². The maximum absolute atomic E-state index is 5.33. The van der Waals surface area contributed by atoms with Gasteiger partial charge in [-0.05, 0) is 36.2 Å². The van der Waals surface area contributed by atoms with Crippen LogP contribution in [0.25, 0.3) is 15.9 Å². The Kier molecular flexibility index (Phi) is 4.44. The Hall–Kier alpha value is -3.32. The summed E-state index contributed by atoms with van der Waals surface area (Å²) >= 11 is 1.56. The van der Waals surface area contributed by atoms with Crippen LogP contribution in [0.15, 0.2) is 60.9 Å². The monoisotopic (exact) mass is 403 g/mol. The lowest BCUT2D eigenvalue weighted by Crippen LogP contribution is -2.14. The second kappa shape index (κ2) is 7.25. The number of H-pyrrole nitrogens is 1. The van der Waals surface area contributed by atoms with Gasteiger partial charge < -0.3 is 15.0 Å². The van der Waals surface area contributed by atoms with E-state index in [1.807, 2.05) is 29.8 Å². The molecule has 5 aromatic rings. The number of methoxy groups -OCH3 is 1. The minimum absolute atomic E-state index is 0.162. The summed E-state index contributed by atoms with van der Waals surface area (Å²) in [6.45, 7) is 2.70. The molecule has 7 heteroatoms. The lowest BCUT2D eigenvalue weighted by Gasteiger charge is -2.18. The van der Waals surface area contributed by atoms with Crippen LogP contribution in [-0.4, -0.2) is 33.2 Å². The van der Waals surface area contributed by atoms with Crippen molar-refractivity contribution in [2.45, 2.75) is 12.8 Å². The van der Waals surface area contributed by atoms with Gasteiger partial charge in [-0.2, -0.15) is 0 Å². The zero-order chi connectivity index (χ0) is 19.8. The molecule has 0 saturated heterocycles. The minimum atomic E-state index is 0.162. The van der Waals surface area contributed by atoms with Crippen LogP contribution < -0.4 is 10.1 Å². The largest absolute Gasteiger partial charge is 0.497 e. The Morgan fingerprint density at radius 3 is 2.79 bits per heavy atom. The van der Waals surface area contributed by atoms with E-state index < -0.39 is 0 Å². The van der Waals surface area contributed by atoms with Crippen LogP contribution in [0, 0.1) is 6.92 Å². The Bertz CT molecular complexity index is 1240. The first-order valence-electron chi connectivity index (χ1n) is 9.48. The number of rotatable bonds is 6. The van der Waals surface area contributed by atoms with Gasteiger partial charge in [-0.15, -0.1) is 5.10 Å². The molecule has 3 aromatic heterocycles. The number of imidazole rings is 1. The van der Waals surface area contributed by atoms with Crippen molar-refractivity contribution in [1.82, 2.24) is 19.6 Å². The summed E-state index contributed by atoms with van der Waals surface area (Å²) in [6, 6.07) is 16.7. The highest BCUT2D eigenvalue weighted by Gasteiger charge is 2.19. The van der Waals surface area contributed by atoms with E-state index in [2.05, 4.69) is 63.0 Å². The van der Waals surface area contributed by atoms with E-state index in [4.69, 9.17) is 4.74 Å². The molecule has 0 fully saturated rings. The van der Waals surface area contributed by atoms with Gasteiger partial charge in [-0.25, -0.2) is 9.50 Å². The first kappa shape index (κ1) is 17.8. The van der Waals surface area contributed by atoms with Crippen molar-refractivity contribution in [3.63, 3.8) is 0 Å². The van der Waals surface area contributed by atoms with Crippen LogP contribution in [-0.2, 0) is 0 Å². The number of nitrogens with one attached hydrogen (secondary N) is 2. The molecule has 0 saturated carbocycles. The van der Waals surface area contributed by atoms with E-state index >= 15 is 0 Å². The molecule has 3 heterocycles. The second-order valence-corrected chi connectivity index (χ2v) is 7.97. The zero-order valence-corrected chi connectivity index (χ0v) is 17.0. The van der Waals surface area contributed by atoms with E-state index in [0.717, 1.165) is 33.6 Å². The lowest BCUT2D eigenvalue weighted by atomic mass is 9.91. The minimum Gasteiger partial charge on any atom is -0.497 e. The van der Waals surface area contributed by atoms with Crippen LogP contribution in [0.3, 0.4) is 0 Å². The van der Waals surface area contributed by atoms with Gasteiger partial charge in [-0.1, -0.05) is 41.7 Å². The van der Waals surface area contributed by atoms with Crippen molar-refractivity contribution in [2.75, 3.05) is 19.0 Å². The molecule has 0 amide bonds. The number of nitrogens with zero attached hydrogens (tertiary/aromatic N) is 3. The van der Waals surface area contributed by atoms with Crippen LogP contribution in [0.1, 0.15) is 22.7 Å². The van der Waals surface area contributed by atoms with Gasteiger partial charge in [0.1, 0.15) is 5.75 Å². The van der Waals surface area contributed by atoms with Crippen molar-refractivity contribution in [3.8, 4) is 5.75 Å². The van der Waals surface area contributed by atoms with Gasteiger partial charge in [0, 0.05) is 29.6 Å². The van der Waals surface area contributed by atoms with Crippen LogP contribution in [0.5, 0.6) is 5.75 Å². The molecule has 0 aliphatic rings. The normalized spacial score (nSPS) is 12.5. The summed E-state index contributed by atoms with van der Waals surface area (Å²) < 4.78 is 7.16. The fourth-order valence-corrected chi connectivity index (χ4v) is 4.53. The van der Waals surface area contributed by atoms with E-state index in [1.165, 1.54) is 16.5 Å². The predicted octanol–water partition coefficient (Wildman–Crippen LogP) is 4.83. The maximum Gasteiger partial charge on any atom is 0.214 e. The van der Waals surface area contributed by atoms with Crippen molar-refractivity contribution in [2.24, 2.45) is 0 Å². The molecule has 2 N–H and O–H groups in total. The third kappa shape index (κ3) is 3.34. The summed E-state index contributed by atoms with van der Waals surface area (Å²) in [6.07, 6.45) is 4.05. The third-order valence-corrected chi connectivity index (χ3v) is 6.02. The van der Waals surface area contributed by atoms with E-state index in [9.17, 15) is 0 Å². The maximum atomic E-state index is 5.33. The Morgan fingerprint density at radius 2 is 2.00 bits per heavy atom. The first-order valence-corrected chi connectivity index (χ1v) is 10.3. The van der Waals surface area contributed by atoms with Crippen LogP contribution in [0.2, 0.25) is 0 Å². The molecule has 0 aliphatic heterocycles. The molecular weight excluding hydrogens is 382 g/mol. The summed E-state index contributed by atoms with van der Waals surface area (Å²) in [5, 5.41) is 10.2. The molecule has 0 radical (unpaired) electrons. The molecule has 1 unspecified atom stereocenters. The van der Waals surface area contributed by atoms with E-state index in [0.29, 0.717) is 0 Å². The van der Waals surface area contributed by atoms with E-state index in [-0.39, 0.29) is 5.92 Å². The number of para-hydroxylation sites is 1. The Morgan fingerprint density at radius 1 is 1.17 bits per heavy atom. The molecule has 0 aliphatic carbocycles. The number of aryl methyl sites for hydroxylation is 1. The first-order chi connectivity index (χ1) is 14.2. The highest BCUT2D eigenvalue weighted by molar-refractivity contribution is 7.20. The van der Waals surface area contributed by atoms with Gasteiger partial charge in [0.25, 0.3) is 0 Å². The smallest absolute Gasteiger partial charge is 0.214 e. The molecule has 6 nitrogen and oxygen atoms in total. The number of anilines is 1. The molecule has 29 heavy (non-hydrogen) atoms. The summed E-state index contributed by atoms with van der Waals surface area (Å²) in [5.41, 5.74) is 4.60. The van der Waals surface area contributed by atoms with Gasteiger partial charge in [-0.3, -0.25) is 0 Å². The van der Waals surface area contributed by atoms with Gasteiger partial charge in [0.2, 0.25) is 10.1 Å². The molecular formula is C22H21N5OS. The molecule has 1 atom stereocenters. The Balaban J connectivity index is 1.49. The fraction of sp³-hybridized carbons (Fsp3) is 0.182. The number of fused-ring (bicyclic) bond motifs is 2. The number of hydrogen-bond donors (Lipinski definition) is 2. The number of aromatic nitrogens is 4. The van der Waals surface area contributed by atoms with E-state index in [1.54, 1.807) is 18.4 Å². The topological polar surface area (TPSA) is 67.2 Å². The number of hydrogen-bond acceptors (Lipinski definition) is 5. The van der Waals surface area contributed by atoms with Gasteiger partial charge in [0.15, 0.2) is 0 Å². The zero-order valence-electron chi connectivity index (χ0n) is 16.2. The standard InChI is InChI=1S/C22H21N5OS/c1-14-13-27-22(25-14)29-21(26-27)24-11-18(15-7-9-16(28-2)10-8-15)19-12-23-20-6-4-3-5-17(19)20/h3-10,12-13,18,23H,11H2,1-2H3,(H,24,26). The highest BCUT2D eigenvalue weighted by Crippen LogP contribution is 2.32. The van der Waals surface area contributed by atoms with Crippen LogP contribution in [0.4, 0.5) is 5.13 Å². The second-order valence-electron chi connectivity index (χ2n) is 7.01. The summed E-state index contributed by atoms with van der Waals surface area (Å²) in [5.74, 6) is 1.02. The van der Waals surface area contributed by atoms with Crippen molar-refractivity contribution in [3.05, 3.63) is 77.7 Å². The summed E-state index contributed by atoms with van der Waals surface area (Å²) in [4.78, 5) is 8.79. The summed E-state index contributed by atoms with van der Waals surface area (Å²) in [7, 11) is 1.69.